The topological polar surface area (TPSA) is 37.3 Å². The van der Waals surface area contributed by atoms with Crippen molar-refractivity contribution in [2.75, 3.05) is 0 Å². The molecule has 0 bridgehead atoms. The van der Waals surface area contributed by atoms with Crippen LogP contribution in [0.25, 0.3) is 0 Å². The summed E-state index contributed by atoms with van der Waals surface area (Å²) in [7, 11) is 0. The maximum absolute atomic E-state index is 10.4. The molecule has 2 heteroatoms. The lowest BCUT2D eigenvalue weighted by Crippen LogP contribution is -1.93. The van der Waals surface area contributed by atoms with Crippen LogP contribution < -0.4 is 0 Å². The first-order valence-electron chi connectivity index (χ1n) is 3.90. The van der Waals surface area contributed by atoms with E-state index in [9.17, 15) is 9.90 Å². The van der Waals surface area contributed by atoms with Gasteiger partial charge < -0.3 is 9.90 Å². The fourth-order valence-electron chi connectivity index (χ4n) is 0.988. The van der Waals surface area contributed by atoms with Crippen molar-refractivity contribution in [3.63, 3.8) is 0 Å². The third-order valence-electron chi connectivity index (χ3n) is 1.96. The summed E-state index contributed by atoms with van der Waals surface area (Å²) in [5, 5.41) is 9.33. The van der Waals surface area contributed by atoms with Crippen LogP contribution in [0.3, 0.4) is 0 Å². The third kappa shape index (κ3) is 1.64. The van der Waals surface area contributed by atoms with Gasteiger partial charge in [-0.25, -0.2) is 0 Å². The van der Waals surface area contributed by atoms with E-state index in [-0.39, 0.29) is 11.7 Å². The molecule has 1 N–H and O–H groups in total. The van der Waals surface area contributed by atoms with E-state index in [2.05, 4.69) is 0 Å². The molecule has 0 saturated heterocycles. The molecule has 1 unspecified atom stereocenters. The van der Waals surface area contributed by atoms with E-state index in [1.54, 1.807) is 13.0 Å². The average Bonchev–Trinajstić information content (AvgIpc) is 2.08. The van der Waals surface area contributed by atoms with Gasteiger partial charge in [-0.05, 0) is 24.1 Å². The summed E-state index contributed by atoms with van der Waals surface area (Å²) in [6.45, 7) is 3.63. The molecule has 0 aliphatic carbocycles. The van der Waals surface area contributed by atoms with Gasteiger partial charge in [0.25, 0.3) is 0 Å². The van der Waals surface area contributed by atoms with Crippen LogP contribution in [0.1, 0.15) is 24.0 Å². The lowest BCUT2D eigenvalue weighted by atomic mass is 10.0. The quantitative estimate of drug-likeness (QED) is 0.679. The first-order valence-corrected chi connectivity index (χ1v) is 3.90. The zero-order chi connectivity index (χ0) is 9.14. The molecule has 1 aromatic carbocycles. The van der Waals surface area contributed by atoms with Crippen molar-refractivity contribution >= 4 is 6.29 Å². The first kappa shape index (κ1) is 8.78. The van der Waals surface area contributed by atoms with E-state index in [0.29, 0.717) is 0 Å². The van der Waals surface area contributed by atoms with Gasteiger partial charge in [-0.15, -0.1) is 0 Å². The van der Waals surface area contributed by atoms with Crippen LogP contribution in [-0.2, 0) is 4.79 Å². The molecule has 0 fully saturated rings. The molecule has 2 nitrogen and oxygen atoms in total. The van der Waals surface area contributed by atoms with E-state index in [4.69, 9.17) is 0 Å². The average molecular weight is 164 g/mol. The lowest BCUT2D eigenvalue weighted by molar-refractivity contribution is -0.108. The fourth-order valence-corrected chi connectivity index (χ4v) is 0.988. The summed E-state index contributed by atoms with van der Waals surface area (Å²) in [6, 6.07) is 5.30. The summed E-state index contributed by atoms with van der Waals surface area (Å²) in [6.07, 6.45) is 0.865. The Morgan fingerprint density at radius 3 is 2.67 bits per heavy atom. The van der Waals surface area contributed by atoms with Gasteiger partial charge in [-0.3, -0.25) is 0 Å². The number of aldehydes is 1. The number of phenols is 1. The van der Waals surface area contributed by atoms with Gasteiger partial charge in [0.1, 0.15) is 12.0 Å². The highest BCUT2D eigenvalue weighted by Gasteiger charge is 2.04. The van der Waals surface area contributed by atoms with Gasteiger partial charge in [0, 0.05) is 5.92 Å². The maximum Gasteiger partial charge on any atom is 0.127 e. The van der Waals surface area contributed by atoms with Gasteiger partial charge >= 0.3 is 0 Å². The van der Waals surface area contributed by atoms with Crippen LogP contribution in [0.4, 0.5) is 0 Å². The predicted octanol–water partition coefficient (Wildman–Crippen LogP) is 2.00. The summed E-state index contributed by atoms with van der Waals surface area (Å²) in [4.78, 5) is 10.4. The van der Waals surface area contributed by atoms with E-state index in [1.807, 2.05) is 19.1 Å². The Morgan fingerprint density at radius 1 is 1.50 bits per heavy atom. The highest BCUT2D eigenvalue weighted by atomic mass is 16.3. The highest BCUT2D eigenvalue weighted by molar-refractivity contribution is 5.62. The summed E-state index contributed by atoms with van der Waals surface area (Å²) >= 11 is 0. The number of carbonyl (C=O) groups excluding carboxylic acids is 1. The molecule has 0 amide bonds. The SMILES string of the molecule is Cc1ccc(C(C)C=O)cc1O. The molecule has 0 spiro atoms. The monoisotopic (exact) mass is 164 g/mol. The van der Waals surface area contributed by atoms with Crippen molar-refractivity contribution < 1.29 is 9.90 Å². The number of hydrogen-bond donors (Lipinski definition) is 1. The van der Waals surface area contributed by atoms with Crippen LogP contribution in [-0.4, -0.2) is 11.4 Å². The third-order valence-corrected chi connectivity index (χ3v) is 1.96. The Labute approximate surface area is 71.8 Å². The summed E-state index contributed by atoms with van der Waals surface area (Å²) in [5.74, 6) is 0.109. The minimum atomic E-state index is -0.142. The number of carbonyl (C=O) groups is 1. The van der Waals surface area contributed by atoms with E-state index >= 15 is 0 Å². The Morgan fingerprint density at radius 2 is 2.17 bits per heavy atom. The zero-order valence-electron chi connectivity index (χ0n) is 7.24. The first-order chi connectivity index (χ1) is 5.65. The van der Waals surface area contributed by atoms with Crippen LogP contribution in [0.2, 0.25) is 0 Å². The molecule has 0 aliphatic heterocycles. The number of hydrogen-bond acceptors (Lipinski definition) is 2. The van der Waals surface area contributed by atoms with Gasteiger partial charge in [-0.1, -0.05) is 19.1 Å². The smallest absolute Gasteiger partial charge is 0.127 e. The van der Waals surface area contributed by atoms with Crippen molar-refractivity contribution in [2.45, 2.75) is 19.8 Å². The predicted molar refractivity (Wildman–Crippen MR) is 47.3 cm³/mol. The minimum Gasteiger partial charge on any atom is -0.508 e. The van der Waals surface area contributed by atoms with E-state index in [1.165, 1.54) is 0 Å². The molecule has 1 aromatic rings. The van der Waals surface area contributed by atoms with Crippen molar-refractivity contribution in [1.82, 2.24) is 0 Å². The molecule has 1 atom stereocenters. The largest absolute Gasteiger partial charge is 0.508 e. The molecule has 64 valence electrons. The van der Waals surface area contributed by atoms with Crippen LogP contribution in [0, 0.1) is 6.92 Å². The molecule has 12 heavy (non-hydrogen) atoms. The molecule has 0 radical (unpaired) electrons. The lowest BCUT2D eigenvalue weighted by Gasteiger charge is -2.05. The Hall–Kier alpha value is -1.31. The maximum atomic E-state index is 10.4. The number of benzene rings is 1. The number of phenolic OH excluding ortho intramolecular Hbond substituents is 1. The second-order valence-electron chi connectivity index (χ2n) is 2.97. The van der Waals surface area contributed by atoms with Gasteiger partial charge in [0.05, 0.1) is 0 Å². The second kappa shape index (κ2) is 3.39. The van der Waals surface area contributed by atoms with Gasteiger partial charge in [0.15, 0.2) is 0 Å². The zero-order valence-corrected chi connectivity index (χ0v) is 7.24. The molecular formula is C10H12O2. The fraction of sp³-hybridized carbons (Fsp3) is 0.300. The second-order valence-corrected chi connectivity index (χ2v) is 2.97. The van der Waals surface area contributed by atoms with Gasteiger partial charge in [0.2, 0.25) is 0 Å². The van der Waals surface area contributed by atoms with Crippen molar-refractivity contribution in [3.05, 3.63) is 29.3 Å². The highest BCUT2D eigenvalue weighted by Crippen LogP contribution is 2.21. The van der Waals surface area contributed by atoms with E-state index < -0.39 is 0 Å². The van der Waals surface area contributed by atoms with Crippen LogP contribution in [0.15, 0.2) is 18.2 Å². The molecule has 1 rings (SSSR count). The van der Waals surface area contributed by atoms with Gasteiger partial charge in [-0.2, -0.15) is 0 Å². The summed E-state index contributed by atoms with van der Waals surface area (Å²) in [5.41, 5.74) is 1.69. The molecule has 0 saturated carbocycles. The van der Waals surface area contributed by atoms with Crippen LogP contribution in [0.5, 0.6) is 5.75 Å². The Balaban J connectivity index is 3.04. The van der Waals surface area contributed by atoms with Crippen LogP contribution >= 0.6 is 0 Å². The van der Waals surface area contributed by atoms with Crippen molar-refractivity contribution in [2.24, 2.45) is 0 Å². The Bertz CT molecular complexity index is 292. The molecule has 0 heterocycles. The Kier molecular flexibility index (Phi) is 2.48. The number of aryl methyl sites for hydroxylation is 1. The standard InChI is InChI=1S/C10H12O2/c1-7-3-4-9(5-10(7)12)8(2)6-11/h3-6,8,12H,1-2H3. The van der Waals surface area contributed by atoms with Crippen molar-refractivity contribution in [1.29, 1.82) is 0 Å². The van der Waals surface area contributed by atoms with E-state index in [0.717, 1.165) is 17.4 Å². The van der Waals surface area contributed by atoms with Crippen molar-refractivity contribution in [3.8, 4) is 5.75 Å². The molecule has 0 aromatic heterocycles. The minimum absolute atomic E-state index is 0.142. The number of rotatable bonds is 2. The number of aromatic hydroxyl groups is 1. The molecular weight excluding hydrogens is 152 g/mol. The summed E-state index contributed by atoms with van der Waals surface area (Å²) < 4.78 is 0. The normalized spacial score (nSPS) is 12.5. The molecule has 0 aliphatic rings.